The van der Waals surface area contributed by atoms with Gasteiger partial charge in [0.05, 0.1) is 13.5 Å². The fourth-order valence-electron chi connectivity index (χ4n) is 1.21. The molecule has 0 aromatic heterocycles. The van der Waals surface area contributed by atoms with Gasteiger partial charge in [0.25, 0.3) is 0 Å². The van der Waals surface area contributed by atoms with Crippen molar-refractivity contribution in [1.82, 2.24) is 5.06 Å². The highest BCUT2D eigenvalue weighted by molar-refractivity contribution is 5.77. The smallest absolute Gasteiger partial charge is 0.250 e. The third-order valence-corrected chi connectivity index (χ3v) is 2.06. The number of likely N-dealkylation sites (N-methyl/N-ethyl adjacent to an activating group) is 1. The van der Waals surface area contributed by atoms with E-state index in [2.05, 4.69) is 0 Å². The molecule has 1 rings (SSSR count). The molecule has 0 fully saturated rings. The highest BCUT2D eigenvalue weighted by atomic mass is 16.7. The third-order valence-electron chi connectivity index (χ3n) is 2.06. The number of carbonyl (C=O) groups excluding carboxylic acids is 1. The second-order valence-corrected chi connectivity index (χ2v) is 3.24. The maximum absolute atomic E-state index is 11.5. The van der Waals surface area contributed by atoms with Crippen LogP contribution < -0.4 is 0 Å². The van der Waals surface area contributed by atoms with Gasteiger partial charge in [-0.25, -0.2) is 5.06 Å². The lowest BCUT2D eigenvalue weighted by atomic mass is 10.1. The first-order valence-electron chi connectivity index (χ1n) is 4.49. The Hall–Kier alpha value is -1.35. The third kappa shape index (κ3) is 2.85. The summed E-state index contributed by atoms with van der Waals surface area (Å²) >= 11 is 0. The van der Waals surface area contributed by atoms with Crippen molar-refractivity contribution in [2.75, 3.05) is 14.2 Å². The van der Waals surface area contributed by atoms with Crippen LogP contribution in [-0.2, 0) is 16.1 Å². The van der Waals surface area contributed by atoms with Gasteiger partial charge in [0.1, 0.15) is 0 Å². The van der Waals surface area contributed by atoms with Crippen LogP contribution in [0.2, 0.25) is 0 Å². The normalized spacial score (nSPS) is 9.93. The zero-order valence-electron chi connectivity index (χ0n) is 8.78. The van der Waals surface area contributed by atoms with Crippen LogP contribution >= 0.6 is 0 Å². The maximum Gasteiger partial charge on any atom is 0.250 e. The van der Waals surface area contributed by atoms with Crippen molar-refractivity contribution in [3.05, 3.63) is 35.4 Å². The van der Waals surface area contributed by atoms with Crippen molar-refractivity contribution < 1.29 is 9.63 Å². The maximum atomic E-state index is 11.5. The minimum Gasteiger partial charge on any atom is -0.275 e. The molecule has 0 radical (unpaired) electrons. The molecule has 3 nitrogen and oxygen atoms in total. The molecule has 0 unspecified atom stereocenters. The summed E-state index contributed by atoms with van der Waals surface area (Å²) in [7, 11) is 3.09. The summed E-state index contributed by atoms with van der Waals surface area (Å²) in [6, 6.07) is 7.90. The van der Waals surface area contributed by atoms with Gasteiger partial charge in [0, 0.05) is 7.05 Å². The standard InChI is InChI=1S/C11H15NO2/c1-9-5-4-6-10(7-9)8-11(13)12(2)14-3/h4-7H,8H2,1-3H3. The molecule has 0 aliphatic heterocycles. The van der Waals surface area contributed by atoms with Crippen molar-refractivity contribution in [3.63, 3.8) is 0 Å². The number of aryl methyl sites for hydroxylation is 1. The van der Waals surface area contributed by atoms with E-state index in [0.29, 0.717) is 6.42 Å². The van der Waals surface area contributed by atoms with Gasteiger partial charge in [-0.15, -0.1) is 0 Å². The topological polar surface area (TPSA) is 29.5 Å². The molecule has 0 bridgehead atoms. The molecule has 0 aliphatic carbocycles. The van der Waals surface area contributed by atoms with E-state index >= 15 is 0 Å². The molecule has 0 N–H and O–H groups in total. The zero-order valence-corrected chi connectivity index (χ0v) is 8.78. The van der Waals surface area contributed by atoms with E-state index < -0.39 is 0 Å². The zero-order chi connectivity index (χ0) is 10.6. The number of amides is 1. The van der Waals surface area contributed by atoms with E-state index in [-0.39, 0.29) is 5.91 Å². The van der Waals surface area contributed by atoms with E-state index in [1.165, 1.54) is 12.2 Å². The summed E-state index contributed by atoms with van der Waals surface area (Å²) in [6.45, 7) is 2.01. The molecule has 0 saturated carbocycles. The van der Waals surface area contributed by atoms with Gasteiger partial charge in [-0.05, 0) is 12.5 Å². The summed E-state index contributed by atoms with van der Waals surface area (Å²) in [4.78, 5) is 16.3. The van der Waals surface area contributed by atoms with Gasteiger partial charge in [-0.2, -0.15) is 0 Å². The predicted octanol–water partition coefficient (Wildman–Crippen LogP) is 1.56. The molecule has 0 saturated heterocycles. The minimum absolute atomic E-state index is 0.0434. The average molecular weight is 193 g/mol. The highest BCUT2D eigenvalue weighted by Gasteiger charge is 2.08. The fourth-order valence-corrected chi connectivity index (χ4v) is 1.21. The largest absolute Gasteiger partial charge is 0.275 e. The fraction of sp³-hybridized carbons (Fsp3) is 0.364. The highest BCUT2D eigenvalue weighted by Crippen LogP contribution is 2.05. The van der Waals surface area contributed by atoms with Crippen molar-refractivity contribution in [1.29, 1.82) is 0 Å². The van der Waals surface area contributed by atoms with E-state index in [1.54, 1.807) is 7.05 Å². The number of hydroxylamine groups is 2. The molecule has 1 aromatic rings. The van der Waals surface area contributed by atoms with Gasteiger partial charge >= 0.3 is 0 Å². The number of nitrogens with zero attached hydrogens (tertiary/aromatic N) is 1. The summed E-state index contributed by atoms with van der Waals surface area (Å²) in [5.41, 5.74) is 2.18. The molecule has 1 amide bonds. The second-order valence-electron chi connectivity index (χ2n) is 3.24. The lowest BCUT2D eigenvalue weighted by Crippen LogP contribution is -2.26. The lowest BCUT2D eigenvalue weighted by Gasteiger charge is -2.13. The first kappa shape index (κ1) is 10.7. The van der Waals surface area contributed by atoms with Crippen molar-refractivity contribution in [2.24, 2.45) is 0 Å². The SMILES string of the molecule is CON(C)C(=O)Cc1cccc(C)c1. The average Bonchev–Trinajstić information content (AvgIpc) is 2.16. The monoisotopic (exact) mass is 193 g/mol. The van der Waals surface area contributed by atoms with Crippen molar-refractivity contribution >= 4 is 5.91 Å². The van der Waals surface area contributed by atoms with Crippen LogP contribution in [0.3, 0.4) is 0 Å². The van der Waals surface area contributed by atoms with E-state index in [4.69, 9.17) is 4.84 Å². The first-order chi connectivity index (χ1) is 6.63. The molecule has 3 heteroatoms. The molecular formula is C11H15NO2. The lowest BCUT2D eigenvalue weighted by molar-refractivity contribution is -0.167. The Morgan fingerprint density at radius 3 is 2.79 bits per heavy atom. The van der Waals surface area contributed by atoms with Crippen LogP contribution in [0, 0.1) is 6.92 Å². The molecule has 0 atom stereocenters. The van der Waals surface area contributed by atoms with Gasteiger partial charge < -0.3 is 0 Å². The summed E-state index contributed by atoms with van der Waals surface area (Å²) < 4.78 is 0. The molecule has 0 spiro atoms. The van der Waals surface area contributed by atoms with Crippen molar-refractivity contribution in [3.8, 4) is 0 Å². The molecule has 14 heavy (non-hydrogen) atoms. The van der Waals surface area contributed by atoms with Crippen LogP contribution in [0.25, 0.3) is 0 Å². The Bertz CT molecular complexity index is 323. The predicted molar refractivity (Wildman–Crippen MR) is 54.7 cm³/mol. The Balaban J connectivity index is 2.65. The Labute approximate surface area is 84.2 Å². The van der Waals surface area contributed by atoms with Gasteiger partial charge in [-0.3, -0.25) is 9.63 Å². The first-order valence-corrected chi connectivity index (χ1v) is 4.49. The number of rotatable bonds is 3. The quantitative estimate of drug-likeness (QED) is 0.682. The van der Waals surface area contributed by atoms with Crippen LogP contribution in [-0.4, -0.2) is 25.1 Å². The van der Waals surface area contributed by atoms with Crippen LogP contribution in [0.4, 0.5) is 0 Å². The Morgan fingerprint density at radius 1 is 1.50 bits per heavy atom. The summed E-state index contributed by atoms with van der Waals surface area (Å²) in [5.74, 6) is -0.0434. The number of carbonyl (C=O) groups is 1. The molecule has 0 heterocycles. The minimum atomic E-state index is -0.0434. The van der Waals surface area contributed by atoms with E-state index in [0.717, 1.165) is 11.1 Å². The van der Waals surface area contributed by atoms with Crippen LogP contribution in [0.5, 0.6) is 0 Å². The molecular weight excluding hydrogens is 178 g/mol. The second kappa shape index (κ2) is 4.77. The van der Waals surface area contributed by atoms with Gasteiger partial charge in [0.15, 0.2) is 0 Å². The molecule has 1 aromatic carbocycles. The Morgan fingerprint density at radius 2 is 2.21 bits per heavy atom. The Kier molecular flexibility index (Phi) is 3.65. The van der Waals surface area contributed by atoms with Gasteiger partial charge in [-0.1, -0.05) is 29.8 Å². The summed E-state index contributed by atoms with van der Waals surface area (Å²) in [6.07, 6.45) is 0.381. The molecule has 76 valence electrons. The number of benzene rings is 1. The number of hydrogen-bond acceptors (Lipinski definition) is 2. The van der Waals surface area contributed by atoms with Crippen LogP contribution in [0.15, 0.2) is 24.3 Å². The van der Waals surface area contributed by atoms with Crippen LogP contribution in [0.1, 0.15) is 11.1 Å². The molecule has 0 aliphatic rings. The summed E-state index contributed by atoms with van der Waals surface area (Å²) in [5, 5.41) is 1.24. The van der Waals surface area contributed by atoms with Gasteiger partial charge in [0.2, 0.25) is 5.91 Å². The van der Waals surface area contributed by atoms with E-state index in [9.17, 15) is 4.79 Å². The van der Waals surface area contributed by atoms with E-state index in [1.807, 2.05) is 31.2 Å². The number of hydrogen-bond donors (Lipinski definition) is 0. The van der Waals surface area contributed by atoms with Crippen molar-refractivity contribution in [2.45, 2.75) is 13.3 Å².